The number of aliphatic imine (C=N–C) groups is 1. The van der Waals surface area contributed by atoms with Gasteiger partial charge in [-0.05, 0) is 41.8 Å². The lowest BCUT2D eigenvalue weighted by atomic mass is 10.0. The Kier molecular flexibility index (Phi) is 12.0. The van der Waals surface area contributed by atoms with Crippen LogP contribution in [0.3, 0.4) is 0 Å². The minimum atomic E-state index is -6.72. The molecule has 0 unspecified atom stereocenters. The molecule has 0 bridgehead atoms. The standard InChI is InChI=1S/C20H23N3O3.C2F6NO4S2/c1-23(2,3)12-13-26-20(25)22-19-10-6-17(7-11-19)14-16-4-8-18(9-5-16)21-15-24;3-1(4,5)14(10,11)9-15(12,13)2(6,7)8/h4-11H,12-14H2,1-3H3;/q;-1/p+1. The molecule has 1 amide bonds. The third-order valence-corrected chi connectivity index (χ3v) is 7.24. The molecular weight excluding hydrogens is 610 g/mol. The third kappa shape index (κ3) is 12.7. The van der Waals surface area contributed by atoms with Crippen LogP contribution in [0.25, 0.3) is 4.13 Å². The molecule has 11 nitrogen and oxygen atoms in total. The second kappa shape index (κ2) is 13.9. The zero-order valence-electron chi connectivity index (χ0n) is 21.5. The Hall–Kier alpha value is -3.51. The SMILES string of the molecule is C[N+](C)(C)CCOC(=O)Nc1ccc(Cc2ccc(N=C=O)cc2)cc1.O=S(=O)([N-]S(=O)(=O)C(F)(F)F)C(F)(F)F. The molecule has 0 spiro atoms. The lowest BCUT2D eigenvalue weighted by molar-refractivity contribution is -0.870. The minimum Gasteiger partial charge on any atom is -0.443 e. The first kappa shape index (κ1) is 35.5. The van der Waals surface area contributed by atoms with Crippen LogP contribution in [0.2, 0.25) is 0 Å². The number of carbonyl (C=O) groups is 1. The number of carbonyl (C=O) groups excluding carboxylic acids is 2. The van der Waals surface area contributed by atoms with Gasteiger partial charge in [-0.25, -0.2) is 26.4 Å². The van der Waals surface area contributed by atoms with Gasteiger partial charge in [-0.1, -0.05) is 24.3 Å². The number of anilines is 1. The highest BCUT2D eigenvalue weighted by Gasteiger charge is 2.46. The van der Waals surface area contributed by atoms with Crippen molar-refractivity contribution in [2.75, 3.05) is 39.6 Å². The van der Waals surface area contributed by atoms with E-state index in [9.17, 15) is 52.8 Å². The Labute approximate surface area is 231 Å². The van der Waals surface area contributed by atoms with Gasteiger partial charge in [0.1, 0.15) is 13.2 Å². The van der Waals surface area contributed by atoms with Crippen LogP contribution in [0, 0.1) is 0 Å². The van der Waals surface area contributed by atoms with E-state index in [0.29, 0.717) is 18.0 Å². The average molecular weight is 635 g/mol. The summed E-state index contributed by atoms with van der Waals surface area (Å²) >= 11 is 0. The van der Waals surface area contributed by atoms with E-state index in [4.69, 9.17) is 4.74 Å². The first-order valence-corrected chi connectivity index (χ1v) is 13.8. The Morgan fingerprint density at radius 1 is 0.878 bits per heavy atom. The van der Waals surface area contributed by atoms with Gasteiger partial charge in [0.05, 0.1) is 26.8 Å². The maximum absolute atomic E-state index is 11.8. The number of nitrogens with one attached hydrogen (secondary N) is 1. The number of hydrogen-bond acceptors (Lipinski definition) is 8. The molecule has 0 atom stereocenters. The van der Waals surface area contributed by atoms with Gasteiger partial charge in [0.15, 0.2) is 20.0 Å². The molecule has 0 fully saturated rings. The summed E-state index contributed by atoms with van der Waals surface area (Å²) in [5.74, 6) is 0. The van der Waals surface area contributed by atoms with Crippen molar-refractivity contribution in [3.8, 4) is 0 Å². The van der Waals surface area contributed by atoms with Gasteiger partial charge in [-0.15, -0.1) is 0 Å². The van der Waals surface area contributed by atoms with E-state index < -0.39 is 37.2 Å². The number of alkyl halides is 6. The van der Waals surface area contributed by atoms with Crippen molar-refractivity contribution in [1.82, 2.24) is 0 Å². The topological polar surface area (TPSA) is 150 Å². The van der Waals surface area contributed by atoms with Gasteiger partial charge < -0.3 is 13.3 Å². The van der Waals surface area contributed by atoms with E-state index in [1.807, 2.05) is 57.5 Å². The second-order valence-electron chi connectivity index (χ2n) is 8.93. The zero-order valence-corrected chi connectivity index (χ0v) is 23.2. The molecule has 228 valence electrons. The summed E-state index contributed by atoms with van der Waals surface area (Å²) in [5, 5.41) is 2.72. The molecular formula is C22H24F6N4O7S2. The van der Waals surface area contributed by atoms with Crippen LogP contribution < -0.4 is 5.32 Å². The Balaban J connectivity index is 0.000000479. The zero-order chi connectivity index (χ0) is 31.7. The number of likely N-dealkylation sites (N-methyl/N-ethyl adjacent to an activating group) is 1. The second-order valence-corrected chi connectivity index (χ2v) is 12.4. The Morgan fingerprint density at radius 3 is 1.71 bits per heavy atom. The predicted octanol–water partition coefficient (Wildman–Crippen LogP) is 4.56. The van der Waals surface area contributed by atoms with Gasteiger partial charge >= 0.3 is 17.1 Å². The Morgan fingerprint density at radius 2 is 1.32 bits per heavy atom. The fraction of sp³-hybridized carbons (Fsp3) is 0.364. The highest BCUT2D eigenvalue weighted by atomic mass is 32.3. The van der Waals surface area contributed by atoms with Crippen LogP contribution in [0.1, 0.15) is 11.1 Å². The molecule has 0 aliphatic rings. The predicted molar refractivity (Wildman–Crippen MR) is 135 cm³/mol. The van der Waals surface area contributed by atoms with E-state index in [1.54, 1.807) is 12.1 Å². The van der Waals surface area contributed by atoms with E-state index in [0.717, 1.165) is 32.7 Å². The number of benzene rings is 2. The summed E-state index contributed by atoms with van der Waals surface area (Å²) in [6.07, 6.45) is 1.83. The number of quaternary nitrogens is 1. The van der Waals surface area contributed by atoms with Crippen molar-refractivity contribution < 1.29 is 62.0 Å². The highest BCUT2D eigenvalue weighted by molar-refractivity contribution is 8.13. The molecule has 0 heterocycles. The van der Waals surface area contributed by atoms with E-state index >= 15 is 0 Å². The monoisotopic (exact) mass is 634 g/mol. The first-order chi connectivity index (χ1) is 18.6. The average Bonchev–Trinajstić information content (AvgIpc) is 2.79. The van der Waals surface area contributed by atoms with Crippen molar-refractivity contribution >= 4 is 43.6 Å². The summed E-state index contributed by atoms with van der Waals surface area (Å²) in [7, 11) is -7.31. The summed E-state index contributed by atoms with van der Waals surface area (Å²) in [6.45, 7) is 1.13. The fourth-order valence-electron chi connectivity index (χ4n) is 2.46. The minimum absolute atomic E-state index is 0.373. The number of hydrogen-bond donors (Lipinski definition) is 1. The van der Waals surface area contributed by atoms with Crippen LogP contribution in [0.15, 0.2) is 53.5 Å². The van der Waals surface area contributed by atoms with Crippen LogP contribution in [-0.2, 0) is 36.0 Å². The molecule has 0 saturated heterocycles. The van der Waals surface area contributed by atoms with Gasteiger partial charge in [-0.3, -0.25) is 5.32 Å². The lowest BCUT2D eigenvalue weighted by Gasteiger charge is -2.23. The van der Waals surface area contributed by atoms with E-state index in [-0.39, 0.29) is 0 Å². The highest BCUT2D eigenvalue weighted by Crippen LogP contribution is 2.36. The molecule has 2 aromatic carbocycles. The van der Waals surface area contributed by atoms with Crippen LogP contribution in [0.4, 0.5) is 42.5 Å². The molecule has 2 aromatic rings. The number of rotatable bonds is 9. The van der Waals surface area contributed by atoms with Crippen molar-refractivity contribution in [2.45, 2.75) is 17.4 Å². The first-order valence-electron chi connectivity index (χ1n) is 10.9. The van der Waals surface area contributed by atoms with Crippen LogP contribution >= 0.6 is 0 Å². The molecule has 0 aromatic heterocycles. The number of isocyanates is 1. The van der Waals surface area contributed by atoms with Crippen LogP contribution in [0.5, 0.6) is 0 Å². The molecule has 19 heteroatoms. The van der Waals surface area contributed by atoms with Gasteiger partial charge in [0.2, 0.25) is 6.08 Å². The number of sulfonamides is 2. The van der Waals surface area contributed by atoms with Gasteiger partial charge in [0, 0.05) is 5.69 Å². The lowest BCUT2D eigenvalue weighted by Crippen LogP contribution is -2.38. The quantitative estimate of drug-likeness (QED) is 0.184. The number of halogens is 6. The molecule has 2 rings (SSSR count). The normalized spacial score (nSPS) is 12.4. The number of amides is 1. The fourth-order valence-corrected chi connectivity index (χ4v) is 4.17. The summed E-state index contributed by atoms with van der Waals surface area (Å²) in [4.78, 5) is 25.6. The van der Waals surface area contributed by atoms with Crippen molar-refractivity contribution in [3.05, 3.63) is 63.8 Å². The molecule has 0 radical (unpaired) electrons. The summed E-state index contributed by atoms with van der Waals surface area (Å²) < 4.78 is 115. The number of nitrogens with zero attached hydrogens (tertiary/aromatic N) is 3. The van der Waals surface area contributed by atoms with Crippen molar-refractivity contribution in [3.63, 3.8) is 0 Å². The summed E-state index contributed by atoms with van der Waals surface area (Å²) in [6, 6.07) is 15.0. The van der Waals surface area contributed by atoms with E-state index in [1.165, 1.54) is 6.08 Å². The largest absolute Gasteiger partial charge is 0.480 e. The maximum atomic E-state index is 11.8. The molecule has 0 saturated carbocycles. The van der Waals surface area contributed by atoms with Crippen molar-refractivity contribution in [2.24, 2.45) is 4.99 Å². The van der Waals surface area contributed by atoms with Crippen LogP contribution in [-0.4, -0.2) is 78.8 Å². The smallest absolute Gasteiger partial charge is 0.443 e. The Bertz CT molecular complexity index is 1390. The van der Waals surface area contributed by atoms with E-state index in [2.05, 4.69) is 10.3 Å². The maximum Gasteiger partial charge on any atom is 0.480 e. The number of ether oxygens (including phenoxy) is 1. The van der Waals surface area contributed by atoms with Gasteiger partial charge in [0.25, 0.3) is 0 Å². The van der Waals surface area contributed by atoms with Crippen molar-refractivity contribution in [1.29, 1.82) is 0 Å². The molecule has 1 N–H and O–H groups in total. The molecule has 0 aliphatic heterocycles. The van der Waals surface area contributed by atoms with Gasteiger partial charge in [-0.2, -0.15) is 31.3 Å². The summed E-state index contributed by atoms with van der Waals surface area (Å²) in [5.41, 5.74) is -8.90. The molecule has 41 heavy (non-hydrogen) atoms. The third-order valence-electron chi connectivity index (χ3n) is 4.50. The molecule has 0 aliphatic carbocycles.